The molecule has 0 aromatic heterocycles. The number of hydrogen-bond acceptors (Lipinski definition) is 8. The molecule has 17 heavy (non-hydrogen) atoms. The van der Waals surface area contributed by atoms with Gasteiger partial charge in [0.1, 0.15) is 24.5 Å². The molecule has 1 heterocycles. The minimum Gasteiger partial charge on any atom is -0.391 e. The van der Waals surface area contributed by atoms with Gasteiger partial charge in [-0.2, -0.15) is 0 Å². The first-order valence-corrected chi connectivity index (χ1v) is 6.00. The number of rotatable bonds is 4. The van der Waals surface area contributed by atoms with Gasteiger partial charge in [0.05, 0.1) is 6.61 Å². The predicted octanol–water partition coefficient (Wildman–Crippen LogP) is -3.82. The number of aliphatic hydroxyl groups is 4. The number of phosphoric ester groups is 1. The molecule has 5 atom stereocenters. The van der Waals surface area contributed by atoms with Crippen LogP contribution < -0.4 is 5.73 Å². The summed E-state index contributed by atoms with van der Waals surface area (Å²) in [4.78, 5) is 17.0. The topological polar surface area (TPSA) is 183 Å². The first-order chi connectivity index (χ1) is 7.60. The summed E-state index contributed by atoms with van der Waals surface area (Å²) < 4.78 is 19.2. The van der Waals surface area contributed by atoms with Gasteiger partial charge in [0.25, 0.3) is 0 Å². The average Bonchev–Trinajstić information content (AvgIpc) is 2.41. The SMILES string of the molecule is N[C@@H](OP(=O)(O)O)[C@H]1O[C@](O)(CO)[C@@H](O)[C@@H]1O. The normalized spacial score (nSPS) is 40.5. The standard InChI is InChI=1S/C6H14NO9P/c7-5(16-17(12,13)14)3-2(9)4(10)6(11,1-8)15-3/h2-5,8-11H,1,7H2,(H2,12,13,14)/t2-,3+,4+,5+,6-/m1/s1. The smallest absolute Gasteiger partial charge is 0.391 e. The summed E-state index contributed by atoms with van der Waals surface area (Å²) in [5, 5.41) is 37.0. The summed E-state index contributed by atoms with van der Waals surface area (Å²) in [7, 11) is -4.91. The van der Waals surface area contributed by atoms with E-state index in [4.69, 9.17) is 20.6 Å². The molecule has 11 heteroatoms. The van der Waals surface area contributed by atoms with E-state index in [9.17, 15) is 19.9 Å². The Morgan fingerprint density at radius 2 is 2.00 bits per heavy atom. The predicted molar refractivity (Wildman–Crippen MR) is 50.0 cm³/mol. The largest absolute Gasteiger partial charge is 0.471 e. The molecular weight excluding hydrogens is 261 g/mol. The van der Waals surface area contributed by atoms with E-state index < -0.39 is 44.8 Å². The molecule has 1 aliphatic heterocycles. The highest BCUT2D eigenvalue weighted by Crippen LogP contribution is 2.40. The van der Waals surface area contributed by atoms with Crippen LogP contribution in [0.4, 0.5) is 0 Å². The van der Waals surface area contributed by atoms with Crippen molar-refractivity contribution in [3.05, 3.63) is 0 Å². The van der Waals surface area contributed by atoms with Crippen molar-refractivity contribution >= 4 is 7.82 Å². The first kappa shape index (κ1) is 14.9. The highest BCUT2D eigenvalue weighted by molar-refractivity contribution is 7.46. The van der Waals surface area contributed by atoms with Gasteiger partial charge >= 0.3 is 7.82 Å². The van der Waals surface area contributed by atoms with Crippen molar-refractivity contribution in [2.45, 2.75) is 30.3 Å². The first-order valence-electron chi connectivity index (χ1n) is 4.47. The van der Waals surface area contributed by atoms with Crippen LogP contribution in [-0.4, -0.2) is 67.1 Å². The number of aliphatic hydroxyl groups excluding tert-OH is 3. The van der Waals surface area contributed by atoms with Gasteiger partial charge in [0, 0.05) is 0 Å². The minimum absolute atomic E-state index is 1.04. The molecular formula is C6H14NO9P. The third kappa shape index (κ3) is 3.20. The molecule has 1 aliphatic rings. The monoisotopic (exact) mass is 275 g/mol. The molecule has 0 spiro atoms. The third-order valence-electron chi connectivity index (χ3n) is 2.27. The van der Waals surface area contributed by atoms with Gasteiger partial charge in [-0.3, -0.25) is 4.52 Å². The third-order valence-corrected chi connectivity index (χ3v) is 2.79. The van der Waals surface area contributed by atoms with E-state index in [2.05, 4.69) is 9.26 Å². The van der Waals surface area contributed by atoms with Gasteiger partial charge in [0.2, 0.25) is 5.79 Å². The Morgan fingerprint density at radius 1 is 1.47 bits per heavy atom. The average molecular weight is 275 g/mol. The van der Waals surface area contributed by atoms with Crippen LogP contribution in [0.2, 0.25) is 0 Å². The highest BCUT2D eigenvalue weighted by Gasteiger charge is 2.55. The van der Waals surface area contributed by atoms with Crippen LogP contribution in [0.15, 0.2) is 0 Å². The van der Waals surface area contributed by atoms with Crippen LogP contribution in [0, 0.1) is 0 Å². The van der Waals surface area contributed by atoms with Crippen LogP contribution in [0.3, 0.4) is 0 Å². The zero-order valence-corrected chi connectivity index (χ0v) is 9.34. The Hall–Kier alpha value is -0.130. The fourth-order valence-electron chi connectivity index (χ4n) is 1.43. The molecule has 0 aromatic carbocycles. The van der Waals surface area contributed by atoms with E-state index in [1.807, 2.05) is 0 Å². The molecule has 1 rings (SSSR count). The van der Waals surface area contributed by atoms with Crippen LogP contribution >= 0.6 is 7.82 Å². The molecule has 10 nitrogen and oxygen atoms in total. The second-order valence-corrected chi connectivity index (χ2v) is 4.77. The van der Waals surface area contributed by atoms with E-state index in [0.717, 1.165) is 0 Å². The number of phosphoric acid groups is 1. The summed E-state index contributed by atoms with van der Waals surface area (Å²) in [5.74, 6) is -2.46. The summed E-state index contributed by atoms with van der Waals surface area (Å²) >= 11 is 0. The lowest BCUT2D eigenvalue weighted by Gasteiger charge is -2.24. The van der Waals surface area contributed by atoms with Gasteiger partial charge in [-0.25, -0.2) is 4.57 Å². The fraction of sp³-hybridized carbons (Fsp3) is 1.00. The molecule has 8 N–H and O–H groups in total. The molecule has 1 saturated heterocycles. The lowest BCUT2D eigenvalue weighted by molar-refractivity contribution is -0.252. The number of nitrogens with two attached hydrogens (primary N) is 1. The van der Waals surface area contributed by atoms with Crippen molar-refractivity contribution in [2.75, 3.05) is 6.61 Å². The summed E-state index contributed by atoms with van der Waals surface area (Å²) in [5.41, 5.74) is 5.19. The van der Waals surface area contributed by atoms with E-state index in [0.29, 0.717) is 0 Å². The molecule has 0 bridgehead atoms. The molecule has 0 radical (unpaired) electrons. The summed E-state index contributed by atoms with van der Waals surface area (Å²) in [6.07, 6.45) is -7.05. The van der Waals surface area contributed by atoms with Gasteiger partial charge in [-0.05, 0) is 0 Å². The van der Waals surface area contributed by atoms with Crippen LogP contribution in [0.25, 0.3) is 0 Å². The zero-order chi connectivity index (χ0) is 13.4. The van der Waals surface area contributed by atoms with Gasteiger partial charge < -0.3 is 40.7 Å². The van der Waals surface area contributed by atoms with Gasteiger partial charge in [0.15, 0.2) is 0 Å². The maximum Gasteiger partial charge on any atom is 0.471 e. The quantitative estimate of drug-likeness (QED) is 0.198. The van der Waals surface area contributed by atoms with Crippen molar-refractivity contribution in [2.24, 2.45) is 5.73 Å². The van der Waals surface area contributed by atoms with Crippen molar-refractivity contribution in [3.8, 4) is 0 Å². The van der Waals surface area contributed by atoms with Crippen molar-refractivity contribution in [1.29, 1.82) is 0 Å². The maximum atomic E-state index is 10.5. The Kier molecular flexibility index (Phi) is 4.27. The molecule has 0 aromatic rings. The number of ether oxygens (including phenoxy) is 1. The summed E-state index contributed by atoms with van der Waals surface area (Å²) in [6, 6.07) is 0. The van der Waals surface area contributed by atoms with Crippen LogP contribution in [0.1, 0.15) is 0 Å². The van der Waals surface area contributed by atoms with Crippen molar-refractivity contribution < 1.29 is 44.0 Å². The molecule has 0 aliphatic carbocycles. The minimum atomic E-state index is -4.91. The molecule has 0 unspecified atom stereocenters. The lowest BCUT2D eigenvalue weighted by atomic mass is 10.1. The van der Waals surface area contributed by atoms with E-state index in [1.54, 1.807) is 0 Å². The Bertz CT molecular complexity index is 321. The van der Waals surface area contributed by atoms with Crippen LogP contribution in [0.5, 0.6) is 0 Å². The number of hydrogen-bond donors (Lipinski definition) is 7. The second kappa shape index (κ2) is 4.86. The van der Waals surface area contributed by atoms with E-state index >= 15 is 0 Å². The highest BCUT2D eigenvalue weighted by atomic mass is 31.2. The Labute approximate surface area is 95.4 Å². The Morgan fingerprint density at radius 3 is 2.35 bits per heavy atom. The van der Waals surface area contributed by atoms with Crippen molar-refractivity contribution in [3.63, 3.8) is 0 Å². The fourth-order valence-corrected chi connectivity index (χ4v) is 1.87. The van der Waals surface area contributed by atoms with Gasteiger partial charge in [-0.15, -0.1) is 0 Å². The molecule has 0 amide bonds. The summed E-state index contributed by atoms with van der Waals surface area (Å²) in [6.45, 7) is -1.04. The Balaban J connectivity index is 2.77. The lowest BCUT2D eigenvalue weighted by Crippen LogP contribution is -2.46. The van der Waals surface area contributed by atoms with Gasteiger partial charge in [-0.1, -0.05) is 0 Å². The molecule has 102 valence electrons. The van der Waals surface area contributed by atoms with Crippen molar-refractivity contribution in [1.82, 2.24) is 0 Å². The molecule has 1 fully saturated rings. The second-order valence-electron chi connectivity index (χ2n) is 3.58. The molecule has 0 saturated carbocycles. The maximum absolute atomic E-state index is 10.5. The zero-order valence-electron chi connectivity index (χ0n) is 8.45. The van der Waals surface area contributed by atoms with E-state index in [-0.39, 0.29) is 0 Å². The van der Waals surface area contributed by atoms with Crippen LogP contribution in [-0.2, 0) is 13.8 Å². The van der Waals surface area contributed by atoms with E-state index in [1.165, 1.54) is 0 Å².